The van der Waals surface area contributed by atoms with Gasteiger partial charge in [0.25, 0.3) is 0 Å². The Hall–Kier alpha value is -0.710. The van der Waals surface area contributed by atoms with E-state index in [1.54, 1.807) is 6.92 Å². The van der Waals surface area contributed by atoms with Crippen molar-refractivity contribution in [1.82, 2.24) is 5.32 Å². The minimum atomic E-state index is -0.647. The van der Waals surface area contributed by atoms with Crippen molar-refractivity contribution in [3.05, 3.63) is 0 Å². The van der Waals surface area contributed by atoms with Crippen LogP contribution in [0.15, 0.2) is 0 Å². The van der Waals surface area contributed by atoms with Crippen LogP contribution in [0.1, 0.15) is 13.3 Å². The predicted octanol–water partition coefficient (Wildman–Crippen LogP) is -0.704. The summed E-state index contributed by atoms with van der Waals surface area (Å²) in [5, 5.41) is 2.43. The molecule has 2 amide bonds. The summed E-state index contributed by atoms with van der Waals surface area (Å²) in [6.07, 6.45) is 0.345. The number of hydrogen-bond acceptors (Lipinski definition) is 3. The van der Waals surface area contributed by atoms with E-state index in [0.717, 1.165) is 0 Å². The van der Waals surface area contributed by atoms with Gasteiger partial charge in [-0.1, -0.05) is 6.92 Å². The maximum atomic E-state index is 10.7. The summed E-state index contributed by atoms with van der Waals surface area (Å²) in [6, 6.07) is -0.647. The van der Waals surface area contributed by atoms with E-state index >= 15 is 0 Å². The van der Waals surface area contributed by atoms with Crippen LogP contribution in [0.25, 0.3) is 0 Å². The number of thiol groups is 1. The van der Waals surface area contributed by atoms with Crippen molar-refractivity contribution in [2.75, 3.05) is 5.75 Å². The van der Waals surface area contributed by atoms with Crippen LogP contribution in [0, 0.1) is 0 Å². The highest BCUT2D eigenvalue weighted by Crippen LogP contribution is 1.87. The molecule has 0 heterocycles. The molecule has 0 aliphatic heterocycles. The third-order valence-electron chi connectivity index (χ3n) is 1.18. The molecule has 64 valence electrons. The van der Waals surface area contributed by atoms with Gasteiger partial charge in [0.05, 0.1) is 0 Å². The Morgan fingerprint density at radius 1 is 1.64 bits per heavy atom. The van der Waals surface area contributed by atoms with Gasteiger partial charge in [0, 0.05) is 12.2 Å². The molecular formula is C6H12N2O2S. The molecular weight excluding hydrogens is 164 g/mol. The predicted molar refractivity (Wildman–Crippen MR) is 45.3 cm³/mol. The molecule has 0 aliphatic carbocycles. The molecule has 3 N–H and O–H groups in total. The number of amides is 2. The van der Waals surface area contributed by atoms with Gasteiger partial charge in [0.2, 0.25) is 11.8 Å². The zero-order chi connectivity index (χ0) is 8.85. The first kappa shape index (κ1) is 10.3. The molecule has 0 saturated carbocycles. The fourth-order valence-corrected chi connectivity index (χ4v) is 0.774. The van der Waals surface area contributed by atoms with E-state index in [2.05, 4.69) is 17.9 Å². The summed E-state index contributed by atoms with van der Waals surface area (Å²) in [5.41, 5.74) is 4.95. The molecule has 1 atom stereocenters. The Labute approximate surface area is 70.9 Å². The Morgan fingerprint density at radius 2 is 2.18 bits per heavy atom. The lowest BCUT2D eigenvalue weighted by Gasteiger charge is -2.11. The lowest BCUT2D eigenvalue weighted by Crippen LogP contribution is -2.45. The third-order valence-corrected chi connectivity index (χ3v) is 1.55. The molecule has 0 fully saturated rings. The average molecular weight is 176 g/mol. The Bertz CT molecular complexity index is 161. The van der Waals surface area contributed by atoms with Gasteiger partial charge < -0.3 is 11.1 Å². The number of primary amides is 1. The van der Waals surface area contributed by atoms with Crippen LogP contribution < -0.4 is 11.1 Å². The SMILES string of the molecule is CCC(=O)N[C@@H](CS)C(N)=O. The zero-order valence-corrected chi connectivity index (χ0v) is 7.23. The van der Waals surface area contributed by atoms with Gasteiger partial charge >= 0.3 is 0 Å². The van der Waals surface area contributed by atoms with Crippen molar-refractivity contribution in [2.24, 2.45) is 5.73 Å². The molecule has 0 aromatic rings. The highest BCUT2D eigenvalue weighted by Gasteiger charge is 2.14. The highest BCUT2D eigenvalue weighted by molar-refractivity contribution is 7.80. The monoisotopic (exact) mass is 176 g/mol. The van der Waals surface area contributed by atoms with Crippen LogP contribution in [0.4, 0.5) is 0 Å². The first-order valence-electron chi connectivity index (χ1n) is 3.31. The van der Waals surface area contributed by atoms with Crippen LogP contribution in [0.3, 0.4) is 0 Å². The molecule has 0 spiro atoms. The Balaban J connectivity index is 3.88. The number of nitrogens with one attached hydrogen (secondary N) is 1. The van der Waals surface area contributed by atoms with Gasteiger partial charge in [-0.2, -0.15) is 12.6 Å². The van der Waals surface area contributed by atoms with Gasteiger partial charge in [-0.3, -0.25) is 9.59 Å². The third kappa shape index (κ3) is 3.87. The molecule has 0 aromatic heterocycles. The molecule has 0 aliphatic rings. The van der Waals surface area contributed by atoms with Gasteiger partial charge in [-0.15, -0.1) is 0 Å². The van der Waals surface area contributed by atoms with Crippen molar-refractivity contribution < 1.29 is 9.59 Å². The molecule has 0 aromatic carbocycles. The largest absolute Gasteiger partial charge is 0.368 e. The van der Waals surface area contributed by atoms with Crippen molar-refractivity contribution in [3.63, 3.8) is 0 Å². The number of carbonyl (C=O) groups excluding carboxylic acids is 2. The van der Waals surface area contributed by atoms with Crippen molar-refractivity contribution in [1.29, 1.82) is 0 Å². The van der Waals surface area contributed by atoms with E-state index < -0.39 is 11.9 Å². The smallest absolute Gasteiger partial charge is 0.240 e. The van der Waals surface area contributed by atoms with E-state index in [0.29, 0.717) is 6.42 Å². The van der Waals surface area contributed by atoms with E-state index in [1.165, 1.54) is 0 Å². The van der Waals surface area contributed by atoms with Crippen molar-refractivity contribution in [2.45, 2.75) is 19.4 Å². The van der Waals surface area contributed by atoms with E-state index in [-0.39, 0.29) is 11.7 Å². The highest BCUT2D eigenvalue weighted by atomic mass is 32.1. The second-order valence-electron chi connectivity index (χ2n) is 2.06. The minimum absolute atomic E-state index is 0.192. The first-order chi connectivity index (χ1) is 5.11. The molecule has 5 heteroatoms. The topological polar surface area (TPSA) is 72.2 Å². The normalized spacial score (nSPS) is 12.2. The van der Waals surface area contributed by atoms with E-state index in [9.17, 15) is 9.59 Å². The van der Waals surface area contributed by atoms with Gasteiger partial charge in [0.1, 0.15) is 6.04 Å². The van der Waals surface area contributed by atoms with Crippen LogP contribution in [0.2, 0.25) is 0 Å². The van der Waals surface area contributed by atoms with Gasteiger partial charge in [-0.05, 0) is 0 Å². The maximum absolute atomic E-state index is 10.7. The number of carbonyl (C=O) groups is 2. The van der Waals surface area contributed by atoms with Crippen LogP contribution in [-0.2, 0) is 9.59 Å². The van der Waals surface area contributed by atoms with E-state index in [1.807, 2.05) is 0 Å². The number of rotatable bonds is 4. The molecule has 4 nitrogen and oxygen atoms in total. The van der Waals surface area contributed by atoms with Crippen LogP contribution in [0.5, 0.6) is 0 Å². The maximum Gasteiger partial charge on any atom is 0.240 e. The first-order valence-corrected chi connectivity index (χ1v) is 3.94. The quantitative estimate of drug-likeness (QED) is 0.495. The summed E-state index contributed by atoms with van der Waals surface area (Å²) in [6.45, 7) is 1.70. The summed E-state index contributed by atoms with van der Waals surface area (Å²) in [4.78, 5) is 21.3. The van der Waals surface area contributed by atoms with Gasteiger partial charge in [0.15, 0.2) is 0 Å². The molecule has 0 unspecified atom stereocenters. The summed E-state index contributed by atoms with van der Waals surface area (Å²) in [7, 11) is 0. The molecule has 0 radical (unpaired) electrons. The summed E-state index contributed by atoms with van der Waals surface area (Å²) >= 11 is 3.85. The minimum Gasteiger partial charge on any atom is -0.368 e. The summed E-state index contributed by atoms with van der Waals surface area (Å²) in [5.74, 6) is -0.509. The fraction of sp³-hybridized carbons (Fsp3) is 0.667. The lowest BCUT2D eigenvalue weighted by molar-refractivity contribution is -0.126. The average Bonchev–Trinajstić information content (AvgIpc) is 1.99. The molecule has 0 saturated heterocycles. The van der Waals surface area contributed by atoms with Gasteiger partial charge in [-0.25, -0.2) is 0 Å². The molecule has 11 heavy (non-hydrogen) atoms. The molecule has 0 rings (SSSR count). The number of hydrogen-bond donors (Lipinski definition) is 3. The van der Waals surface area contributed by atoms with Crippen molar-refractivity contribution in [3.8, 4) is 0 Å². The second kappa shape index (κ2) is 5.01. The standard InChI is InChI=1S/C6H12N2O2S/c1-2-5(9)8-4(3-11)6(7)10/h4,11H,2-3H2,1H3,(H2,7,10)(H,8,9)/t4-/m0/s1. The Kier molecular flexibility index (Phi) is 4.69. The van der Waals surface area contributed by atoms with Crippen molar-refractivity contribution >= 4 is 24.4 Å². The second-order valence-corrected chi connectivity index (χ2v) is 2.42. The number of nitrogens with two attached hydrogens (primary N) is 1. The molecule has 0 bridgehead atoms. The fourth-order valence-electron chi connectivity index (χ4n) is 0.503. The van der Waals surface area contributed by atoms with E-state index in [4.69, 9.17) is 5.73 Å². The van der Waals surface area contributed by atoms with Crippen LogP contribution >= 0.6 is 12.6 Å². The van der Waals surface area contributed by atoms with Crippen LogP contribution in [-0.4, -0.2) is 23.6 Å². The zero-order valence-electron chi connectivity index (χ0n) is 6.33. The summed E-state index contributed by atoms with van der Waals surface area (Å²) < 4.78 is 0. The lowest BCUT2D eigenvalue weighted by atomic mass is 10.3. The Morgan fingerprint density at radius 3 is 2.45 bits per heavy atom.